The van der Waals surface area contributed by atoms with Crippen LogP contribution >= 0.6 is 11.6 Å². The first-order valence-electron chi connectivity index (χ1n) is 5.93. The summed E-state index contributed by atoms with van der Waals surface area (Å²) in [7, 11) is 0. The molecule has 1 N–H and O–H groups in total. The van der Waals surface area contributed by atoms with E-state index in [0.717, 1.165) is 0 Å². The minimum atomic E-state index is -1.36. The number of ether oxygens (including phenoxy) is 2. The van der Waals surface area contributed by atoms with Crippen LogP contribution in [-0.4, -0.2) is 33.7 Å². The summed E-state index contributed by atoms with van der Waals surface area (Å²) in [5.74, 6) is -0.926. The molecule has 108 valence electrons. The summed E-state index contributed by atoms with van der Waals surface area (Å²) in [5.41, 5.74) is 0.550. The minimum Gasteiger partial charge on any atom is -0.465 e. The number of carbonyl (C=O) groups is 2. The zero-order valence-electron chi connectivity index (χ0n) is 11.1. The maximum Gasteiger partial charge on any atom is 0.414 e. The number of hydrogen-bond donors (Lipinski definition) is 1. The Morgan fingerprint density at radius 2 is 2.05 bits per heavy atom. The van der Waals surface area contributed by atoms with Crippen molar-refractivity contribution in [1.29, 1.82) is 0 Å². The zero-order chi connectivity index (χ0) is 14.9. The standard InChI is InChI=1S/C13H14ClNO5/c1-13(2)19-9-5-3-4-8(11(9)20-13)7-15(12(17)18)10(16)6-14/h3-5H,6-7H2,1-2H3,(H,17,18). The summed E-state index contributed by atoms with van der Waals surface area (Å²) in [6.45, 7) is 3.36. The molecule has 0 aromatic heterocycles. The van der Waals surface area contributed by atoms with Gasteiger partial charge in [-0.15, -0.1) is 11.6 Å². The average Bonchev–Trinajstić information content (AvgIpc) is 2.69. The zero-order valence-corrected chi connectivity index (χ0v) is 11.8. The Labute approximate surface area is 120 Å². The van der Waals surface area contributed by atoms with Crippen LogP contribution in [0.3, 0.4) is 0 Å². The fourth-order valence-corrected chi connectivity index (χ4v) is 2.06. The first-order chi connectivity index (χ1) is 9.34. The molecule has 0 spiro atoms. The lowest BCUT2D eigenvalue weighted by molar-refractivity contribution is -0.126. The van der Waals surface area contributed by atoms with Gasteiger partial charge in [-0.1, -0.05) is 12.1 Å². The molecule has 1 aromatic carbocycles. The van der Waals surface area contributed by atoms with E-state index < -0.39 is 23.7 Å². The largest absolute Gasteiger partial charge is 0.465 e. The number of rotatable bonds is 3. The Balaban J connectivity index is 2.29. The highest BCUT2D eigenvalue weighted by Gasteiger charge is 2.34. The van der Waals surface area contributed by atoms with Crippen molar-refractivity contribution in [1.82, 2.24) is 4.90 Å². The molecule has 0 saturated carbocycles. The van der Waals surface area contributed by atoms with Crippen molar-refractivity contribution in [3.8, 4) is 11.5 Å². The van der Waals surface area contributed by atoms with Gasteiger partial charge in [-0.2, -0.15) is 0 Å². The lowest BCUT2D eigenvalue weighted by Crippen LogP contribution is -2.36. The molecule has 0 bridgehead atoms. The third kappa shape index (κ3) is 2.80. The molecule has 0 aliphatic carbocycles. The number of imide groups is 1. The summed E-state index contributed by atoms with van der Waals surface area (Å²) in [4.78, 5) is 23.3. The van der Waals surface area contributed by atoms with E-state index in [1.165, 1.54) is 0 Å². The Kier molecular flexibility index (Phi) is 3.76. The number of fused-ring (bicyclic) bond motifs is 1. The highest BCUT2D eigenvalue weighted by atomic mass is 35.5. The monoisotopic (exact) mass is 299 g/mol. The number of carbonyl (C=O) groups excluding carboxylic acids is 1. The molecule has 0 atom stereocenters. The van der Waals surface area contributed by atoms with Crippen LogP contribution in [0.4, 0.5) is 4.79 Å². The predicted octanol–water partition coefficient (Wildman–Crippen LogP) is 2.44. The van der Waals surface area contributed by atoms with Gasteiger partial charge in [0.05, 0.1) is 6.54 Å². The topological polar surface area (TPSA) is 76.1 Å². The predicted molar refractivity (Wildman–Crippen MR) is 71.1 cm³/mol. The van der Waals surface area contributed by atoms with Gasteiger partial charge >= 0.3 is 6.09 Å². The van der Waals surface area contributed by atoms with E-state index in [4.69, 9.17) is 26.2 Å². The summed E-state index contributed by atoms with van der Waals surface area (Å²) in [6, 6.07) is 5.12. The van der Waals surface area contributed by atoms with Crippen LogP contribution in [0.25, 0.3) is 0 Å². The first-order valence-corrected chi connectivity index (χ1v) is 6.46. The highest BCUT2D eigenvalue weighted by molar-refractivity contribution is 6.28. The number of nitrogens with zero attached hydrogens (tertiary/aromatic N) is 1. The van der Waals surface area contributed by atoms with Crippen molar-refractivity contribution in [3.63, 3.8) is 0 Å². The second kappa shape index (κ2) is 5.20. The van der Waals surface area contributed by atoms with Gasteiger partial charge in [-0.05, 0) is 6.07 Å². The number of para-hydroxylation sites is 1. The Morgan fingerprint density at radius 1 is 1.35 bits per heavy atom. The SMILES string of the molecule is CC1(C)Oc2cccc(CN(C(=O)O)C(=O)CCl)c2O1. The van der Waals surface area contributed by atoms with Crippen molar-refractivity contribution in [2.45, 2.75) is 26.2 Å². The molecule has 0 radical (unpaired) electrons. The van der Waals surface area contributed by atoms with Gasteiger partial charge in [-0.3, -0.25) is 4.79 Å². The Morgan fingerprint density at radius 3 is 2.65 bits per heavy atom. The van der Waals surface area contributed by atoms with Crippen LogP contribution in [0.5, 0.6) is 11.5 Å². The van der Waals surface area contributed by atoms with Gasteiger partial charge in [0, 0.05) is 19.4 Å². The van der Waals surface area contributed by atoms with E-state index in [0.29, 0.717) is 22.0 Å². The van der Waals surface area contributed by atoms with E-state index in [9.17, 15) is 9.59 Å². The lowest BCUT2D eigenvalue weighted by atomic mass is 10.1. The number of benzene rings is 1. The average molecular weight is 300 g/mol. The van der Waals surface area contributed by atoms with Crippen LogP contribution in [0.2, 0.25) is 0 Å². The second-order valence-electron chi connectivity index (χ2n) is 4.74. The molecule has 20 heavy (non-hydrogen) atoms. The molecule has 0 fully saturated rings. The smallest absolute Gasteiger partial charge is 0.414 e. The fourth-order valence-electron chi connectivity index (χ4n) is 1.92. The fraction of sp³-hybridized carbons (Fsp3) is 0.385. The van der Waals surface area contributed by atoms with Crippen molar-refractivity contribution < 1.29 is 24.2 Å². The van der Waals surface area contributed by atoms with Crippen LogP contribution < -0.4 is 9.47 Å². The molecule has 1 aliphatic heterocycles. The summed E-state index contributed by atoms with van der Waals surface area (Å²) < 4.78 is 11.2. The molecular formula is C13H14ClNO5. The summed E-state index contributed by atoms with van der Waals surface area (Å²) in [5, 5.41) is 9.06. The van der Waals surface area contributed by atoms with Gasteiger partial charge in [0.15, 0.2) is 11.5 Å². The van der Waals surface area contributed by atoms with E-state index in [2.05, 4.69) is 0 Å². The third-order valence-corrected chi connectivity index (χ3v) is 2.97. The van der Waals surface area contributed by atoms with Crippen molar-refractivity contribution in [2.24, 2.45) is 0 Å². The number of amides is 2. The van der Waals surface area contributed by atoms with Gasteiger partial charge in [0.1, 0.15) is 5.88 Å². The number of alkyl halides is 1. The molecule has 0 unspecified atom stereocenters. The van der Waals surface area contributed by atoms with E-state index in [1.54, 1.807) is 32.0 Å². The Bertz CT molecular complexity index is 558. The number of hydrogen-bond acceptors (Lipinski definition) is 4. The molecule has 1 aliphatic rings. The first kappa shape index (κ1) is 14.5. The molecule has 2 rings (SSSR count). The van der Waals surface area contributed by atoms with E-state index >= 15 is 0 Å². The maximum atomic E-state index is 11.5. The summed E-state index contributed by atoms with van der Waals surface area (Å²) >= 11 is 5.41. The molecule has 1 aromatic rings. The maximum absolute atomic E-state index is 11.5. The van der Waals surface area contributed by atoms with Crippen molar-refractivity contribution in [3.05, 3.63) is 23.8 Å². The molecule has 7 heteroatoms. The second-order valence-corrected chi connectivity index (χ2v) is 5.01. The van der Waals surface area contributed by atoms with Crippen molar-refractivity contribution >= 4 is 23.6 Å². The van der Waals surface area contributed by atoms with Gasteiger partial charge < -0.3 is 14.6 Å². The quantitative estimate of drug-likeness (QED) is 0.868. The van der Waals surface area contributed by atoms with Crippen LogP contribution in [-0.2, 0) is 11.3 Å². The van der Waals surface area contributed by atoms with Gasteiger partial charge in [0.25, 0.3) is 0 Å². The van der Waals surface area contributed by atoms with Gasteiger partial charge in [-0.25, -0.2) is 9.69 Å². The van der Waals surface area contributed by atoms with Gasteiger partial charge in [0.2, 0.25) is 11.7 Å². The van der Waals surface area contributed by atoms with Crippen LogP contribution in [0.15, 0.2) is 18.2 Å². The summed E-state index contributed by atoms with van der Waals surface area (Å²) in [6.07, 6.45) is -1.36. The van der Waals surface area contributed by atoms with E-state index in [-0.39, 0.29) is 6.54 Å². The van der Waals surface area contributed by atoms with Crippen molar-refractivity contribution in [2.75, 3.05) is 5.88 Å². The lowest BCUT2D eigenvalue weighted by Gasteiger charge is -2.18. The Hall–Kier alpha value is -1.95. The number of carboxylic acid groups (broad SMARTS) is 1. The molecule has 6 nitrogen and oxygen atoms in total. The normalized spacial score (nSPS) is 14.9. The minimum absolute atomic E-state index is 0.135. The third-order valence-electron chi connectivity index (χ3n) is 2.74. The molecule has 1 heterocycles. The molecular weight excluding hydrogens is 286 g/mol. The molecule has 0 saturated heterocycles. The van der Waals surface area contributed by atoms with E-state index in [1.807, 2.05) is 0 Å². The van der Waals surface area contributed by atoms with Crippen LogP contribution in [0, 0.1) is 0 Å². The number of halogens is 1. The molecule has 2 amide bonds. The highest BCUT2D eigenvalue weighted by Crippen LogP contribution is 2.42. The van der Waals surface area contributed by atoms with Crippen LogP contribution in [0.1, 0.15) is 19.4 Å².